The predicted molar refractivity (Wildman–Crippen MR) is 76.6 cm³/mol. The number of benzene rings is 2. The van der Waals surface area contributed by atoms with E-state index >= 15 is 0 Å². The summed E-state index contributed by atoms with van der Waals surface area (Å²) < 4.78 is 0. The Morgan fingerprint density at radius 2 is 1.56 bits per heavy atom. The number of hydrogen-bond donors (Lipinski definition) is 1. The Morgan fingerprint density at radius 1 is 0.833 bits per heavy atom. The van der Waals surface area contributed by atoms with Gasteiger partial charge in [-0.1, -0.05) is 34.8 Å². The van der Waals surface area contributed by atoms with Gasteiger partial charge in [-0.25, -0.2) is 4.98 Å². The number of nitrogens with one attached hydrogen (secondary N) is 1. The van der Waals surface area contributed by atoms with Gasteiger partial charge in [0.15, 0.2) is 0 Å². The number of imidazole rings is 1. The zero-order valence-electron chi connectivity index (χ0n) is 9.05. The Morgan fingerprint density at radius 3 is 2.28 bits per heavy atom. The molecule has 0 saturated carbocycles. The lowest BCUT2D eigenvalue weighted by atomic mass is 10.2. The molecule has 0 unspecified atom stereocenters. The van der Waals surface area contributed by atoms with Crippen LogP contribution in [0.1, 0.15) is 0 Å². The second-order valence-electron chi connectivity index (χ2n) is 3.91. The molecule has 0 aliphatic rings. The number of aromatic amines is 1. The highest BCUT2D eigenvalue weighted by atomic mass is 35.5. The van der Waals surface area contributed by atoms with E-state index in [0.717, 1.165) is 22.4 Å². The van der Waals surface area contributed by atoms with E-state index in [0.29, 0.717) is 15.1 Å². The first-order valence-electron chi connectivity index (χ1n) is 5.23. The second-order valence-corrected chi connectivity index (χ2v) is 5.21. The smallest absolute Gasteiger partial charge is 0.138 e. The van der Waals surface area contributed by atoms with Gasteiger partial charge >= 0.3 is 0 Å². The minimum atomic E-state index is 0.580. The van der Waals surface area contributed by atoms with Crippen LogP contribution in [0.2, 0.25) is 15.1 Å². The molecule has 5 heteroatoms. The molecule has 0 saturated heterocycles. The molecule has 0 aliphatic carbocycles. The molecule has 0 radical (unpaired) electrons. The number of hydrogen-bond acceptors (Lipinski definition) is 1. The van der Waals surface area contributed by atoms with Crippen LogP contribution in [0.25, 0.3) is 22.4 Å². The van der Waals surface area contributed by atoms with Crippen LogP contribution in [0.3, 0.4) is 0 Å². The third-order valence-electron chi connectivity index (χ3n) is 2.58. The quantitative estimate of drug-likeness (QED) is 0.658. The van der Waals surface area contributed by atoms with Gasteiger partial charge in [-0.3, -0.25) is 0 Å². The van der Waals surface area contributed by atoms with Crippen LogP contribution in [0.15, 0.2) is 36.4 Å². The van der Waals surface area contributed by atoms with Crippen LogP contribution in [0, 0.1) is 0 Å². The first kappa shape index (κ1) is 11.8. The third kappa shape index (κ3) is 2.19. The molecule has 18 heavy (non-hydrogen) atoms. The standard InChI is InChI=1S/C13H7Cl3N2/c14-8-1-2-11-12(6-8)18-13(17-11)7-3-9(15)5-10(16)4-7/h1-6H,(H,17,18). The molecule has 2 aromatic carbocycles. The summed E-state index contributed by atoms with van der Waals surface area (Å²) in [4.78, 5) is 7.67. The van der Waals surface area contributed by atoms with Crippen LogP contribution in [0.4, 0.5) is 0 Å². The van der Waals surface area contributed by atoms with Crippen molar-refractivity contribution in [3.05, 3.63) is 51.5 Å². The fraction of sp³-hybridized carbons (Fsp3) is 0. The van der Waals surface area contributed by atoms with E-state index < -0.39 is 0 Å². The summed E-state index contributed by atoms with van der Waals surface area (Å²) in [6.45, 7) is 0. The van der Waals surface area contributed by atoms with E-state index in [2.05, 4.69) is 9.97 Å². The fourth-order valence-corrected chi connectivity index (χ4v) is 2.51. The molecule has 90 valence electrons. The van der Waals surface area contributed by atoms with E-state index in [-0.39, 0.29) is 0 Å². The summed E-state index contributed by atoms with van der Waals surface area (Å²) in [5, 5.41) is 1.83. The molecule has 1 N–H and O–H groups in total. The largest absolute Gasteiger partial charge is 0.338 e. The van der Waals surface area contributed by atoms with Crippen molar-refractivity contribution >= 4 is 45.8 Å². The van der Waals surface area contributed by atoms with Crippen molar-refractivity contribution in [2.24, 2.45) is 0 Å². The molecule has 0 fully saturated rings. The fourth-order valence-electron chi connectivity index (χ4n) is 1.81. The second kappa shape index (κ2) is 4.47. The number of H-pyrrole nitrogens is 1. The van der Waals surface area contributed by atoms with Crippen molar-refractivity contribution in [1.82, 2.24) is 9.97 Å². The number of fused-ring (bicyclic) bond motifs is 1. The highest BCUT2D eigenvalue weighted by Crippen LogP contribution is 2.27. The summed E-state index contributed by atoms with van der Waals surface area (Å²) >= 11 is 17.9. The molecule has 0 atom stereocenters. The third-order valence-corrected chi connectivity index (χ3v) is 3.25. The van der Waals surface area contributed by atoms with Crippen LogP contribution in [0.5, 0.6) is 0 Å². The zero-order chi connectivity index (χ0) is 12.7. The van der Waals surface area contributed by atoms with Crippen molar-refractivity contribution in [2.75, 3.05) is 0 Å². The Kier molecular flexibility index (Phi) is 2.94. The van der Waals surface area contributed by atoms with E-state index in [4.69, 9.17) is 34.8 Å². The van der Waals surface area contributed by atoms with Crippen molar-refractivity contribution in [3.63, 3.8) is 0 Å². The Labute approximate surface area is 119 Å². The normalized spacial score (nSPS) is 11.1. The van der Waals surface area contributed by atoms with Crippen LogP contribution in [-0.4, -0.2) is 9.97 Å². The van der Waals surface area contributed by atoms with Gasteiger partial charge < -0.3 is 4.98 Å². The molecule has 3 rings (SSSR count). The van der Waals surface area contributed by atoms with Gasteiger partial charge in [-0.15, -0.1) is 0 Å². The lowest BCUT2D eigenvalue weighted by molar-refractivity contribution is 1.34. The van der Waals surface area contributed by atoms with Gasteiger partial charge in [0.25, 0.3) is 0 Å². The van der Waals surface area contributed by atoms with E-state index in [9.17, 15) is 0 Å². The number of aromatic nitrogens is 2. The van der Waals surface area contributed by atoms with Crippen molar-refractivity contribution < 1.29 is 0 Å². The van der Waals surface area contributed by atoms with Gasteiger partial charge in [0.2, 0.25) is 0 Å². The van der Waals surface area contributed by atoms with Crippen molar-refractivity contribution in [2.45, 2.75) is 0 Å². The van der Waals surface area contributed by atoms with E-state index in [1.807, 2.05) is 24.3 Å². The topological polar surface area (TPSA) is 28.7 Å². The van der Waals surface area contributed by atoms with Crippen LogP contribution in [-0.2, 0) is 0 Å². The summed E-state index contributed by atoms with van der Waals surface area (Å²) in [5.74, 6) is 0.719. The highest BCUT2D eigenvalue weighted by molar-refractivity contribution is 6.35. The van der Waals surface area contributed by atoms with Gasteiger partial charge in [-0.05, 0) is 36.4 Å². The van der Waals surface area contributed by atoms with Gasteiger partial charge in [0, 0.05) is 20.6 Å². The number of nitrogens with zero attached hydrogens (tertiary/aromatic N) is 1. The molecular weight excluding hydrogens is 291 g/mol. The molecule has 0 bridgehead atoms. The minimum absolute atomic E-state index is 0.580. The maximum Gasteiger partial charge on any atom is 0.138 e. The van der Waals surface area contributed by atoms with E-state index in [1.165, 1.54) is 0 Å². The van der Waals surface area contributed by atoms with Crippen LogP contribution < -0.4 is 0 Å². The minimum Gasteiger partial charge on any atom is -0.338 e. The Balaban J connectivity index is 2.19. The average molecular weight is 298 g/mol. The van der Waals surface area contributed by atoms with Crippen LogP contribution >= 0.6 is 34.8 Å². The molecule has 1 aromatic heterocycles. The summed E-state index contributed by atoms with van der Waals surface area (Å²) in [6, 6.07) is 10.8. The monoisotopic (exact) mass is 296 g/mol. The Bertz CT molecular complexity index is 714. The molecule has 0 spiro atoms. The number of rotatable bonds is 1. The molecule has 0 aliphatic heterocycles. The first-order chi connectivity index (χ1) is 8.61. The van der Waals surface area contributed by atoms with Gasteiger partial charge in [0.05, 0.1) is 11.0 Å². The maximum absolute atomic E-state index is 5.98. The zero-order valence-corrected chi connectivity index (χ0v) is 11.3. The first-order valence-corrected chi connectivity index (χ1v) is 6.37. The molecule has 1 heterocycles. The van der Waals surface area contributed by atoms with Crippen molar-refractivity contribution in [3.8, 4) is 11.4 Å². The SMILES string of the molecule is Clc1cc(Cl)cc(-c2nc3ccc(Cl)cc3[nH]2)c1. The molecular formula is C13H7Cl3N2. The summed E-state index contributed by atoms with van der Waals surface area (Å²) in [7, 11) is 0. The van der Waals surface area contributed by atoms with E-state index in [1.54, 1.807) is 12.1 Å². The van der Waals surface area contributed by atoms with Gasteiger partial charge in [0.1, 0.15) is 5.82 Å². The molecule has 2 nitrogen and oxygen atoms in total. The predicted octanol–water partition coefficient (Wildman–Crippen LogP) is 5.19. The number of halogens is 3. The molecule has 3 aromatic rings. The summed E-state index contributed by atoms with van der Waals surface area (Å²) in [5.41, 5.74) is 2.58. The highest BCUT2D eigenvalue weighted by Gasteiger charge is 2.07. The average Bonchev–Trinajstić information content (AvgIpc) is 2.70. The molecule has 0 amide bonds. The van der Waals surface area contributed by atoms with Crippen molar-refractivity contribution in [1.29, 1.82) is 0 Å². The Hall–Kier alpha value is -1.22. The maximum atomic E-state index is 5.98. The van der Waals surface area contributed by atoms with Gasteiger partial charge in [-0.2, -0.15) is 0 Å². The summed E-state index contributed by atoms with van der Waals surface area (Å²) in [6.07, 6.45) is 0. The lowest BCUT2D eigenvalue weighted by Gasteiger charge is -1.98. The lowest BCUT2D eigenvalue weighted by Crippen LogP contribution is -1.80.